The number of hydrogen-bond acceptors (Lipinski definition) is 2. The number of unbranched alkanes of at least 4 members (excludes halogenated alkanes) is 4. The van der Waals surface area contributed by atoms with Crippen LogP contribution in [0.2, 0.25) is 0 Å². The molecular formula is C17H25O2. The summed E-state index contributed by atoms with van der Waals surface area (Å²) in [6.07, 6.45) is 9.23. The minimum absolute atomic E-state index is 0.695. The zero-order valence-electron chi connectivity index (χ0n) is 12.2. The van der Waals surface area contributed by atoms with Crippen LogP contribution in [-0.2, 0) is 17.6 Å². The Kier molecular flexibility index (Phi) is 7.95. The van der Waals surface area contributed by atoms with Crippen LogP contribution >= 0.6 is 0 Å². The largest absolute Gasteiger partial charge is 0.423 e. The standard InChI is InChI=1S/C17H25O2/c1-3-5-7-9-15-11-12-16(10-8-6-4-2)17(13-15)19-14-18/h11-13H,3-10H2,1-2H3. The predicted molar refractivity (Wildman–Crippen MR) is 79.2 cm³/mol. The van der Waals surface area contributed by atoms with E-state index in [1.807, 2.05) is 6.07 Å². The highest BCUT2D eigenvalue weighted by Gasteiger charge is 2.06. The topological polar surface area (TPSA) is 26.3 Å². The Labute approximate surface area is 117 Å². The third-order valence-electron chi connectivity index (χ3n) is 3.40. The van der Waals surface area contributed by atoms with Crippen LogP contribution in [0.3, 0.4) is 0 Å². The first-order chi connectivity index (χ1) is 9.31. The Hall–Kier alpha value is -1.31. The molecule has 0 spiro atoms. The number of rotatable bonds is 10. The van der Waals surface area contributed by atoms with Gasteiger partial charge in [0.05, 0.1) is 0 Å². The first-order valence-corrected chi connectivity index (χ1v) is 7.47. The molecule has 0 N–H and O–H groups in total. The van der Waals surface area contributed by atoms with Gasteiger partial charge in [-0.05, 0) is 42.9 Å². The van der Waals surface area contributed by atoms with Gasteiger partial charge in [0.15, 0.2) is 0 Å². The van der Waals surface area contributed by atoms with Crippen molar-refractivity contribution in [1.82, 2.24) is 0 Å². The van der Waals surface area contributed by atoms with Crippen molar-refractivity contribution in [3.05, 3.63) is 29.3 Å². The van der Waals surface area contributed by atoms with Crippen LogP contribution in [0.15, 0.2) is 18.2 Å². The van der Waals surface area contributed by atoms with E-state index in [-0.39, 0.29) is 0 Å². The number of aryl methyl sites for hydroxylation is 2. The summed E-state index contributed by atoms with van der Waals surface area (Å²) in [6, 6.07) is 6.26. The molecular weight excluding hydrogens is 236 g/mol. The van der Waals surface area contributed by atoms with Gasteiger partial charge in [-0.1, -0.05) is 51.7 Å². The highest BCUT2D eigenvalue weighted by atomic mass is 16.5. The summed E-state index contributed by atoms with van der Waals surface area (Å²) < 4.78 is 5.01. The molecule has 1 aromatic rings. The molecule has 2 nitrogen and oxygen atoms in total. The summed E-state index contributed by atoms with van der Waals surface area (Å²) in [7, 11) is 0. The van der Waals surface area contributed by atoms with E-state index >= 15 is 0 Å². The van der Waals surface area contributed by atoms with Crippen LogP contribution in [-0.4, -0.2) is 6.47 Å². The van der Waals surface area contributed by atoms with Crippen molar-refractivity contribution in [2.45, 2.75) is 65.2 Å². The van der Waals surface area contributed by atoms with Gasteiger partial charge in [-0.25, -0.2) is 4.79 Å². The highest BCUT2D eigenvalue weighted by Crippen LogP contribution is 2.23. The molecule has 1 radical (unpaired) electrons. The smallest absolute Gasteiger partial charge is 0.418 e. The number of carbonyl (C=O) groups excluding carboxylic acids is 1. The average Bonchev–Trinajstić information content (AvgIpc) is 2.42. The van der Waals surface area contributed by atoms with Crippen molar-refractivity contribution in [2.24, 2.45) is 0 Å². The fourth-order valence-corrected chi connectivity index (χ4v) is 2.25. The van der Waals surface area contributed by atoms with Crippen LogP contribution in [0.5, 0.6) is 5.75 Å². The SMILES string of the molecule is CCCCCc1ccc(CCCCC)c(O[C]=O)c1. The van der Waals surface area contributed by atoms with Crippen LogP contribution in [0, 0.1) is 0 Å². The average molecular weight is 261 g/mol. The monoisotopic (exact) mass is 261 g/mol. The third-order valence-corrected chi connectivity index (χ3v) is 3.40. The van der Waals surface area contributed by atoms with E-state index in [0.29, 0.717) is 5.75 Å². The molecule has 0 bridgehead atoms. The fraction of sp³-hybridized carbons (Fsp3) is 0.588. The summed E-state index contributed by atoms with van der Waals surface area (Å²) in [5, 5.41) is 0. The zero-order chi connectivity index (χ0) is 13.9. The van der Waals surface area contributed by atoms with Crippen LogP contribution in [0.25, 0.3) is 0 Å². The maximum atomic E-state index is 10.5. The van der Waals surface area contributed by atoms with E-state index in [1.54, 1.807) is 6.47 Å². The molecule has 19 heavy (non-hydrogen) atoms. The summed E-state index contributed by atoms with van der Waals surface area (Å²) in [5.74, 6) is 0.695. The number of ether oxygens (including phenoxy) is 1. The molecule has 0 amide bonds. The van der Waals surface area contributed by atoms with Gasteiger partial charge in [-0.3, -0.25) is 0 Å². The van der Waals surface area contributed by atoms with E-state index < -0.39 is 0 Å². The molecule has 0 aliphatic heterocycles. The molecule has 0 fully saturated rings. The van der Waals surface area contributed by atoms with Gasteiger partial charge in [0.25, 0.3) is 0 Å². The Morgan fingerprint density at radius 1 is 1.00 bits per heavy atom. The Morgan fingerprint density at radius 3 is 2.32 bits per heavy atom. The quantitative estimate of drug-likeness (QED) is 0.575. The molecule has 0 aliphatic carbocycles. The molecule has 0 saturated carbocycles. The number of hydrogen-bond donors (Lipinski definition) is 0. The first kappa shape index (κ1) is 15.7. The normalized spacial score (nSPS) is 10.4. The fourth-order valence-electron chi connectivity index (χ4n) is 2.25. The minimum Gasteiger partial charge on any atom is -0.418 e. The van der Waals surface area contributed by atoms with Gasteiger partial charge >= 0.3 is 6.47 Å². The summed E-state index contributed by atoms with van der Waals surface area (Å²) in [6.45, 7) is 5.95. The van der Waals surface area contributed by atoms with Gasteiger partial charge in [0.2, 0.25) is 0 Å². The summed E-state index contributed by atoms with van der Waals surface area (Å²) >= 11 is 0. The van der Waals surface area contributed by atoms with Gasteiger partial charge in [0, 0.05) is 0 Å². The van der Waals surface area contributed by atoms with E-state index in [9.17, 15) is 4.79 Å². The molecule has 1 aromatic carbocycles. The van der Waals surface area contributed by atoms with Crippen molar-refractivity contribution in [1.29, 1.82) is 0 Å². The Balaban J connectivity index is 2.67. The van der Waals surface area contributed by atoms with E-state index in [0.717, 1.165) is 24.8 Å². The molecule has 105 valence electrons. The zero-order valence-corrected chi connectivity index (χ0v) is 12.2. The van der Waals surface area contributed by atoms with E-state index in [4.69, 9.17) is 4.74 Å². The van der Waals surface area contributed by atoms with Crippen molar-refractivity contribution < 1.29 is 9.53 Å². The Bertz CT molecular complexity index is 372. The molecule has 0 aliphatic rings. The van der Waals surface area contributed by atoms with Gasteiger partial charge in [0.1, 0.15) is 5.75 Å². The van der Waals surface area contributed by atoms with Gasteiger partial charge < -0.3 is 4.74 Å². The summed E-state index contributed by atoms with van der Waals surface area (Å²) in [5.41, 5.74) is 2.37. The number of benzene rings is 1. The maximum Gasteiger partial charge on any atom is 0.423 e. The van der Waals surface area contributed by atoms with Crippen molar-refractivity contribution in [3.8, 4) is 5.75 Å². The second kappa shape index (κ2) is 9.60. The second-order valence-electron chi connectivity index (χ2n) is 5.04. The molecule has 0 aromatic heterocycles. The molecule has 2 heteroatoms. The highest BCUT2D eigenvalue weighted by molar-refractivity contribution is 5.49. The lowest BCUT2D eigenvalue weighted by Crippen LogP contribution is -1.97. The van der Waals surface area contributed by atoms with E-state index in [2.05, 4.69) is 26.0 Å². The third kappa shape index (κ3) is 5.91. The minimum atomic E-state index is 0.695. The lowest BCUT2D eigenvalue weighted by atomic mass is 10.0. The summed E-state index contributed by atoms with van der Waals surface area (Å²) in [4.78, 5) is 10.5. The molecule has 0 unspecified atom stereocenters. The van der Waals surface area contributed by atoms with Crippen LogP contribution in [0.1, 0.15) is 63.5 Å². The van der Waals surface area contributed by atoms with Gasteiger partial charge in [-0.2, -0.15) is 0 Å². The first-order valence-electron chi connectivity index (χ1n) is 7.47. The molecule has 1 rings (SSSR count). The molecule has 0 atom stereocenters. The van der Waals surface area contributed by atoms with Crippen molar-refractivity contribution in [3.63, 3.8) is 0 Å². The lowest BCUT2D eigenvalue weighted by molar-refractivity contribution is 0.439. The predicted octanol–water partition coefficient (Wildman–Crippen LogP) is 4.60. The Morgan fingerprint density at radius 2 is 1.68 bits per heavy atom. The van der Waals surface area contributed by atoms with Crippen LogP contribution in [0.4, 0.5) is 0 Å². The van der Waals surface area contributed by atoms with Gasteiger partial charge in [-0.15, -0.1) is 0 Å². The van der Waals surface area contributed by atoms with Crippen molar-refractivity contribution >= 4 is 6.47 Å². The molecule has 0 saturated heterocycles. The second-order valence-corrected chi connectivity index (χ2v) is 5.04. The van der Waals surface area contributed by atoms with E-state index in [1.165, 1.54) is 37.7 Å². The maximum absolute atomic E-state index is 10.5. The van der Waals surface area contributed by atoms with Crippen molar-refractivity contribution in [2.75, 3.05) is 0 Å². The van der Waals surface area contributed by atoms with Crippen LogP contribution < -0.4 is 4.74 Å². The lowest BCUT2D eigenvalue weighted by Gasteiger charge is -2.09. The molecule has 0 heterocycles.